The Hall–Kier alpha value is -1.10. The lowest BCUT2D eigenvalue weighted by atomic mass is 10.1. The van der Waals surface area contributed by atoms with Gasteiger partial charge in [-0.1, -0.05) is 12.1 Å². The van der Waals surface area contributed by atoms with Crippen molar-refractivity contribution in [3.05, 3.63) is 35.4 Å². The lowest BCUT2D eigenvalue weighted by molar-refractivity contribution is 0.0699. The summed E-state index contributed by atoms with van der Waals surface area (Å²) in [5, 5.41) is 9.85. The van der Waals surface area contributed by atoms with Crippen molar-refractivity contribution in [1.29, 1.82) is 0 Å². The van der Waals surface area contributed by atoms with Gasteiger partial charge in [0.05, 0.1) is 6.10 Å². The number of rotatable bonds is 4. The summed E-state index contributed by atoms with van der Waals surface area (Å²) in [5.41, 5.74) is 1.57. The van der Waals surface area contributed by atoms with E-state index in [0.717, 1.165) is 12.1 Å². The van der Waals surface area contributed by atoms with Gasteiger partial charge in [0, 0.05) is 30.6 Å². The van der Waals surface area contributed by atoms with Crippen LogP contribution in [0.2, 0.25) is 0 Å². The fraction of sp³-hybridized carbons (Fsp3) is 0.533. The molecule has 2 rings (SSSR count). The van der Waals surface area contributed by atoms with E-state index in [-0.39, 0.29) is 11.9 Å². The summed E-state index contributed by atoms with van der Waals surface area (Å²) >= 11 is 5.81. The Morgan fingerprint density at radius 2 is 2.25 bits per heavy atom. The predicted octanol–water partition coefficient (Wildman–Crippen LogP) is 1.56. The SMILES string of the molecule is CN(C)CC1CC(O)CN1C(=O)c1cccc(CCl)c1. The number of nitrogens with zero attached hydrogens (tertiary/aromatic N) is 2. The normalized spacial score (nSPS) is 22.6. The summed E-state index contributed by atoms with van der Waals surface area (Å²) in [4.78, 5) is 16.4. The molecule has 0 aliphatic carbocycles. The fourth-order valence-corrected chi connectivity index (χ4v) is 2.85. The lowest BCUT2D eigenvalue weighted by Crippen LogP contribution is -2.41. The van der Waals surface area contributed by atoms with Crippen molar-refractivity contribution in [2.24, 2.45) is 0 Å². The molecule has 0 radical (unpaired) electrons. The molecule has 1 aliphatic heterocycles. The maximum Gasteiger partial charge on any atom is 0.254 e. The van der Waals surface area contributed by atoms with Crippen LogP contribution in [0.5, 0.6) is 0 Å². The van der Waals surface area contributed by atoms with Gasteiger partial charge in [0.25, 0.3) is 5.91 Å². The summed E-state index contributed by atoms with van der Waals surface area (Å²) in [6, 6.07) is 7.44. The van der Waals surface area contributed by atoms with Gasteiger partial charge in [0.2, 0.25) is 0 Å². The molecule has 0 spiro atoms. The number of alkyl halides is 1. The minimum absolute atomic E-state index is 0.0274. The van der Waals surface area contributed by atoms with E-state index in [4.69, 9.17) is 11.6 Å². The highest BCUT2D eigenvalue weighted by Crippen LogP contribution is 2.21. The highest BCUT2D eigenvalue weighted by Gasteiger charge is 2.34. The molecule has 20 heavy (non-hydrogen) atoms. The third-order valence-corrected chi connectivity index (χ3v) is 3.87. The van der Waals surface area contributed by atoms with Crippen LogP contribution < -0.4 is 0 Å². The molecule has 1 saturated heterocycles. The Balaban J connectivity index is 2.17. The summed E-state index contributed by atoms with van der Waals surface area (Å²) in [6.07, 6.45) is 0.208. The summed E-state index contributed by atoms with van der Waals surface area (Å²) in [6.45, 7) is 1.17. The smallest absolute Gasteiger partial charge is 0.254 e. The molecule has 1 N–H and O–H groups in total. The van der Waals surface area contributed by atoms with E-state index in [2.05, 4.69) is 0 Å². The van der Waals surface area contributed by atoms with E-state index in [0.29, 0.717) is 24.4 Å². The van der Waals surface area contributed by atoms with Crippen molar-refractivity contribution in [2.45, 2.75) is 24.4 Å². The maximum atomic E-state index is 12.6. The minimum Gasteiger partial charge on any atom is -0.391 e. The summed E-state index contributed by atoms with van der Waals surface area (Å²) in [7, 11) is 3.95. The van der Waals surface area contributed by atoms with E-state index in [1.54, 1.807) is 11.0 Å². The third-order valence-electron chi connectivity index (χ3n) is 3.56. The van der Waals surface area contributed by atoms with Gasteiger partial charge in [0.1, 0.15) is 0 Å². The van der Waals surface area contributed by atoms with Crippen molar-refractivity contribution in [3.8, 4) is 0 Å². The molecular weight excluding hydrogens is 276 g/mol. The van der Waals surface area contributed by atoms with E-state index in [1.165, 1.54) is 0 Å². The molecule has 0 saturated carbocycles. The maximum absolute atomic E-state index is 12.6. The molecule has 2 unspecified atom stereocenters. The topological polar surface area (TPSA) is 43.8 Å². The number of β-amino-alcohol motifs (C(OH)–C–C–N with tert-alkyl or cyclic N) is 1. The molecule has 2 atom stereocenters. The van der Waals surface area contributed by atoms with Crippen LogP contribution in [0.4, 0.5) is 0 Å². The second-order valence-electron chi connectivity index (χ2n) is 5.60. The Morgan fingerprint density at radius 3 is 2.90 bits per heavy atom. The highest BCUT2D eigenvalue weighted by molar-refractivity contribution is 6.17. The molecule has 1 aromatic carbocycles. The molecular formula is C15H21ClN2O2. The van der Waals surface area contributed by atoms with E-state index in [1.807, 2.05) is 37.2 Å². The monoisotopic (exact) mass is 296 g/mol. The van der Waals surface area contributed by atoms with Crippen LogP contribution in [0.1, 0.15) is 22.3 Å². The first kappa shape index (κ1) is 15.3. The average Bonchev–Trinajstić information content (AvgIpc) is 2.78. The predicted molar refractivity (Wildman–Crippen MR) is 80.0 cm³/mol. The Labute approximate surface area is 124 Å². The first-order valence-electron chi connectivity index (χ1n) is 6.80. The number of carbonyl (C=O) groups excluding carboxylic acids is 1. The molecule has 1 amide bonds. The number of aliphatic hydroxyl groups is 1. The van der Waals surface area contributed by atoms with Crippen LogP contribution in [0.25, 0.3) is 0 Å². The lowest BCUT2D eigenvalue weighted by Gasteiger charge is -2.27. The molecule has 0 bridgehead atoms. The first-order valence-corrected chi connectivity index (χ1v) is 7.33. The van der Waals surface area contributed by atoms with Crippen LogP contribution in [0.3, 0.4) is 0 Å². The number of amides is 1. The number of benzene rings is 1. The first-order chi connectivity index (χ1) is 9.51. The number of likely N-dealkylation sites (N-methyl/N-ethyl adjacent to an activating group) is 1. The highest BCUT2D eigenvalue weighted by atomic mass is 35.5. The molecule has 4 nitrogen and oxygen atoms in total. The summed E-state index contributed by atoms with van der Waals surface area (Å²) < 4.78 is 0. The van der Waals surface area contributed by atoms with E-state index in [9.17, 15) is 9.90 Å². The quantitative estimate of drug-likeness (QED) is 0.858. The molecule has 110 valence electrons. The zero-order valence-electron chi connectivity index (χ0n) is 11.9. The van der Waals surface area contributed by atoms with Crippen LogP contribution in [0.15, 0.2) is 24.3 Å². The van der Waals surface area contributed by atoms with Gasteiger partial charge in [0.15, 0.2) is 0 Å². The summed E-state index contributed by atoms with van der Waals surface area (Å²) in [5.74, 6) is 0.366. The second kappa shape index (κ2) is 6.57. The van der Waals surface area contributed by atoms with Gasteiger partial charge in [-0.2, -0.15) is 0 Å². The molecule has 1 aromatic rings. The Bertz CT molecular complexity index is 479. The Kier molecular flexibility index (Phi) is 5.02. The zero-order chi connectivity index (χ0) is 14.7. The van der Waals surface area contributed by atoms with Gasteiger partial charge >= 0.3 is 0 Å². The molecule has 1 heterocycles. The van der Waals surface area contributed by atoms with Crippen LogP contribution in [0, 0.1) is 0 Å². The van der Waals surface area contributed by atoms with Crippen molar-refractivity contribution < 1.29 is 9.90 Å². The van der Waals surface area contributed by atoms with Crippen LogP contribution in [-0.2, 0) is 5.88 Å². The number of aliphatic hydroxyl groups excluding tert-OH is 1. The number of carbonyl (C=O) groups is 1. The van der Waals surface area contributed by atoms with Crippen LogP contribution >= 0.6 is 11.6 Å². The van der Waals surface area contributed by atoms with Crippen LogP contribution in [-0.4, -0.2) is 60.1 Å². The largest absolute Gasteiger partial charge is 0.391 e. The van der Waals surface area contributed by atoms with Crippen molar-refractivity contribution in [3.63, 3.8) is 0 Å². The molecule has 1 fully saturated rings. The van der Waals surface area contributed by atoms with Gasteiger partial charge in [-0.15, -0.1) is 11.6 Å². The molecule has 0 aromatic heterocycles. The average molecular weight is 297 g/mol. The fourth-order valence-electron chi connectivity index (χ4n) is 2.69. The standard InChI is InChI=1S/C15H21ClN2O2/c1-17(2)9-13-7-14(19)10-18(13)15(20)12-5-3-4-11(6-12)8-16/h3-6,13-14,19H,7-10H2,1-2H3. The number of halogens is 1. The molecule has 1 aliphatic rings. The molecule has 5 heteroatoms. The Morgan fingerprint density at radius 1 is 1.50 bits per heavy atom. The number of hydrogen-bond donors (Lipinski definition) is 1. The van der Waals surface area contributed by atoms with Gasteiger partial charge < -0.3 is 14.9 Å². The van der Waals surface area contributed by atoms with Crippen molar-refractivity contribution in [2.75, 3.05) is 27.2 Å². The van der Waals surface area contributed by atoms with Gasteiger partial charge in [-0.05, 0) is 38.2 Å². The number of hydrogen-bond acceptors (Lipinski definition) is 3. The zero-order valence-corrected chi connectivity index (χ0v) is 12.7. The van der Waals surface area contributed by atoms with E-state index < -0.39 is 6.10 Å². The van der Waals surface area contributed by atoms with Gasteiger partial charge in [-0.25, -0.2) is 0 Å². The number of likely N-dealkylation sites (tertiary alicyclic amines) is 1. The van der Waals surface area contributed by atoms with Crippen molar-refractivity contribution >= 4 is 17.5 Å². The van der Waals surface area contributed by atoms with Gasteiger partial charge in [-0.3, -0.25) is 4.79 Å². The van der Waals surface area contributed by atoms with E-state index >= 15 is 0 Å². The van der Waals surface area contributed by atoms with Crippen molar-refractivity contribution in [1.82, 2.24) is 9.80 Å². The second-order valence-corrected chi connectivity index (χ2v) is 5.86. The third kappa shape index (κ3) is 3.51. The minimum atomic E-state index is -0.430.